The van der Waals surface area contributed by atoms with Gasteiger partial charge in [0.2, 0.25) is 0 Å². The van der Waals surface area contributed by atoms with Gasteiger partial charge in [-0.3, -0.25) is 4.79 Å². The highest BCUT2D eigenvalue weighted by Gasteiger charge is 2.14. The van der Waals surface area contributed by atoms with E-state index in [4.69, 9.17) is 0 Å². The fraction of sp³-hybridized carbons (Fsp3) is 0.333. The Hall–Kier alpha value is -1.89. The fourth-order valence-corrected chi connectivity index (χ4v) is 2.18. The summed E-state index contributed by atoms with van der Waals surface area (Å²) < 4.78 is 0. The number of hydrogen-bond acceptors (Lipinski definition) is 5. The van der Waals surface area contributed by atoms with Crippen molar-refractivity contribution >= 4 is 17.7 Å². The Balaban J connectivity index is 2.05. The number of rotatable bonds is 5. The molecule has 2 aromatic rings. The van der Waals surface area contributed by atoms with Crippen molar-refractivity contribution in [3.63, 3.8) is 0 Å². The van der Waals surface area contributed by atoms with Crippen LogP contribution in [0, 0.1) is 0 Å². The Labute approximate surface area is 115 Å². The number of carbonyl (C=O) groups is 1. The van der Waals surface area contributed by atoms with Crippen LogP contribution in [0.5, 0.6) is 0 Å². The number of aromatic nitrogens is 4. The van der Waals surface area contributed by atoms with Crippen LogP contribution in [0.3, 0.4) is 0 Å². The van der Waals surface area contributed by atoms with E-state index < -0.39 is 0 Å². The van der Waals surface area contributed by atoms with Crippen molar-refractivity contribution in [2.75, 3.05) is 6.26 Å². The maximum Gasteiger partial charge on any atom is 0.251 e. The fourth-order valence-electron chi connectivity index (χ4n) is 1.67. The van der Waals surface area contributed by atoms with Gasteiger partial charge in [-0.1, -0.05) is 17.3 Å². The maximum absolute atomic E-state index is 12.1. The molecule has 1 atom stereocenters. The molecule has 1 unspecified atom stereocenters. The molecule has 0 aliphatic rings. The zero-order valence-corrected chi connectivity index (χ0v) is 11.6. The van der Waals surface area contributed by atoms with Gasteiger partial charge in [0, 0.05) is 11.3 Å². The Morgan fingerprint density at radius 1 is 1.53 bits per heavy atom. The second kappa shape index (κ2) is 6.33. The standard InChI is InChI=1S/C12H15N5OS/c1-8(11-14-16-17-15-11)13-12(18)10-5-3-4-9(6-10)7-19-2/h3-6,8H,7H2,1-2H3,(H,13,18)(H,14,15,16,17). The summed E-state index contributed by atoms with van der Waals surface area (Å²) in [7, 11) is 0. The van der Waals surface area contributed by atoms with Crippen LogP contribution in [0.1, 0.15) is 34.7 Å². The van der Waals surface area contributed by atoms with Gasteiger partial charge in [0.1, 0.15) is 0 Å². The van der Waals surface area contributed by atoms with Crippen LogP contribution in [0.25, 0.3) is 0 Å². The molecular weight excluding hydrogens is 262 g/mol. The molecule has 6 nitrogen and oxygen atoms in total. The lowest BCUT2D eigenvalue weighted by atomic mass is 10.1. The second-order valence-corrected chi connectivity index (χ2v) is 4.96. The Morgan fingerprint density at radius 3 is 3.05 bits per heavy atom. The van der Waals surface area contributed by atoms with Gasteiger partial charge < -0.3 is 5.32 Å². The molecular formula is C12H15N5OS. The van der Waals surface area contributed by atoms with Crippen LogP contribution in [0.4, 0.5) is 0 Å². The minimum atomic E-state index is -0.282. The molecule has 2 rings (SSSR count). The molecule has 19 heavy (non-hydrogen) atoms. The number of amides is 1. The van der Waals surface area contributed by atoms with Crippen LogP contribution in [-0.4, -0.2) is 32.8 Å². The molecule has 2 N–H and O–H groups in total. The third-order valence-corrected chi connectivity index (χ3v) is 3.22. The first-order valence-electron chi connectivity index (χ1n) is 5.83. The highest BCUT2D eigenvalue weighted by molar-refractivity contribution is 7.97. The lowest BCUT2D eigenvalue weighted by molar-refractivity contribution is 0.0938. The predicted molar refractivity (Wildman–Crippen MR) is 73.7 cm³/mol. The van der Waals surface area contributed by atoms with E-state index in [1.54, 1.807) is 17.8 Å². The van der Waals surface area contributed by atoms with Crippen molar-refractivity contribution in [2.45, 2.75) is 18.7 Å². The van der Waals surface area contributed by atoms with E-state index in [9.17, 15) is 4.79 Å². The highest BCUT2D eigenvalue weighted by Crippen LogP contribution is 2.12. The average molecular weight is 277 g/mol. The minimum Gasteiger partial charge on any atom is -0.342 e. The molecule has 0 radical (unpaired) electrons. The molecule has 100 valence electrons. The van der Waals surface area contributed by atoms with Gasteiger partial charge >= 0.3 is 0 Å². The summed E-state index contributed by atoms with van der Waals surface area (Å²) in [5.41, 5.74) is 1.77. The van der Waals surface area contributed by atoms with E-state index in [1.165, 1.54) is 0 Å². The minimum absolute atomic E-state index is 0.139. The molecule has 0 fully saturated rings. The molecule has 0 spiro atoms. The van der Waals surface area contributed by atoms with E-state index in [2.05, 4.69) is 25.9 Å². The maximum atomic E-state index is 12.1. The summed E-state index contributed by atoms with van der Waals surface area (Å²) in [4.78, 5) is 12.1. The monoisotopic (exact) mass is 277 g/mol. The van der Waals surface area contributed by atoms with Crippen molar-refractivity contribution in [3.8, 4) is 0 Å². The third-order valence-electron chi connectivity index (χ3n) is 2.60. The van der Waals surface area contributed by atoms with E-state index in [-0.39, 0.29) is 11.9 Å². The Bertz CT molecular complexity index is 543. The van der Waals surface area contributed by atoms with Crippen LogP contribution >= 0.6 is 11.8 Å². The summed E-state index contributed by atoms with van der Waals surface area (Å²) >= 11 is 1.72. The third kappa shape index (κ3) is 3.54. The van der Waals surface area contributed by atoms with Crippen molar-refractivity contribution in [3.05, 3.63) is 41.2 Å². The molecule has 1 heterocycles. The summed E-state index contributed by atoms with van der Waals surface area (Å²) in [6.45, 7) is 1.81. The molecule has 1 aromatic carbocycles. The lowest BCUT2D eigenvalue weighted by Crippen LogP contribution is -2.27. The van der Waals surface area contributed by atoms with Crippen molar-refractivity contribution in [2.24, 2.45) is 0 Å². The molecule has 0 saturated heterocycles. The molecule has 1 amide bonds. The van der Waals surface area contributed by atoms with E-state index in [1.807, 2.05) is 31.4 Å². The van der Waals surface area contributed by atoms with Crippen LogP contribution in [-0.2, 0) is 5.75 Å². The van der Waals surface area contributed by atoms with E-state index >= 15 is 0 Å². The van der Waals surface area contributed by atoms with Crippen molar-refractivity contribution in [1.82, 2.24) is 25.9 Å². The highest BCUT2D eigenvalue weighted by atomic mass is 32.2. The van der Waals surface area contributed by atoms with Crippen molar-refractivity contribution < 1.29 is 4.79 Å². The first-order chi connectivity index (χ1) is 9.20. The van der Waals surface area contributed by atoms with Gasteiger partial charge in [0.15, 0.2) is 5.82 Å². The molecule has 0 aliphatic carbocycles. The number of thioether (sulfide) groups is 1. The number of aromatic amines is 1. The Morgan fingerprint density at radius 2 is 2.37 bits per heavy atom. The molecule has 0 aliphatic heterocycles. The lowest BCUT2D eigenvalue weighted by Gasteiger charge is -2.10. The van der Waals surface area contributed by atoms with E-state index in [0.29, 0.717) is 11.4 Å². The molecule has 0 bridgehead atoms. The zero-order valence-electron chi connectivity index (χ0n) is 10.8. The Kier molecular flexibility index (Phi) is 4.51. The molecule has 1 aromatic heterocycles. The number of nitrogens with one attached hydrogen (secondary N) is 2. The van der Waals surface area contributed by atoms with Crippen LogP contribution in [0.15, 0.2) is 24.3 Å². The molecule has 7 heteroatoms. The van der Waals surface area contributed by atoms with Gasteiger partial charge in [0.05, 0.1) is 6.04 Å². The van der Waals surface area contributed by atoms with Gasteiger partial charge in [-0.15, -0.1) is 10.2 Å². The first kappa shape index (κ1) is 13.5. The van der Waals surface area contributed by atoms with Crippen LogP contribution in [0.2, 0.25) is 0 Å². The van der Waals surface area contributed by atoms with Crippen LogP contribution < -0.4 is 5.32 Å². The number of hydrogen-bond donors (Lipinski definition) is 2. The summed E-state index contributed by atoms with van der Waals surface area (Å²) in [5, 5.41) is 16.4. The normalized spacial score (nSPS) is 12.1. The smallest absolute Gasteiger partial charge is 0.251 e. The van der Waals surface area contributed by atoms with Crippen molar-refractivity contribution in [1.29, 1.82) is 0 Å². The number of carbonyl (C=O) groups excluding carboxylic acids is 1. The topological polar surface area (TPSA) is 83.6 Å². The average Bonchev–Trinajstić information content (AvgIpc) is 2.93. The molecule has 0 saturated carbocycles. The van der Waals surface area contributed by atoms with Gasteiger partial charge in [-0.2, -0.15) is 17.0 Å². The number of benzene rings is 1. The SMILES string of the molecule is CSCc1cccc(C(=O)NC(C)c2nn[nH]n2)c1. The summed E-state index contributed by atoms with van der Waals surface area (Å²) in [5.74, 6) is 1.22. The number of tetrazole rings is 1. The second-order valence-electron chi connectivity index (χ2n) is 4.10. The predicted octanol–water partition coefficient (Wildman–Crippen LogP) is 1.55. The van der Waals surface area contributed by atoms with E-state index in [0.717, 1.165) is 11.3 Å². The van der Waals surface area contributed by atoms with Gasteiger partial charge in [0.25, 0.3) is 5.91 Å². The zero-order chi connectivity index (χ0) is 13.7. The first-order valence-corrected chi connectivity index (χ1v) is 7.22. The number of nitrogens with zero attached hydrogens (tertiary/aromatic N) is 3. The number of H-pyrrole nitrogens is 1. The quantitative estimate of drug-likeness (QED) is 0.866. The summed E-state index contributed by atoms with van der Waals surface area (Å²) in [6.07, 6.45) is 2.03. The van der Waals surface area contributed by atoms with Gasteiger partial charge in [-0.05, 0) is 30.9 Å². The van der Waals surface area contributed by atoms with Gasteiger partial charge in [-0.25, -0.2) is 0 Å². The largest absolute Gasteiger partial charge is 0.342 e. The summed E-state index contributed by atoms with van der Waals surface area (Å²) in [6, 6.07) is 7.31.